The molecule has 0 unspecified atom stereocenters. The van der Waals surface area contributed by atoms with E-state index < -0.39 is 0 Å². The summed E-state index contributed by atoms with van der Waals surface area (Å²) in [5.41, 5.74) is 14.6. The highest BCUT2D eigenvalue weighted by molar-refractivity contribution is 6.13. The van der Waals surface area contributed by atoms with Gasteiger partial charge in [-0.2, -0.15) is 0 Å². The molecule has 0 radical (unpaired) electrons. The number of hydrogen-bond donors (Lipinski definition) is 0. The van der Waals surface area contributed by atoms with Crippen LogP contribution in [0.25, 0.3) is 77.2 Å². The Hall–Kier alpha value is -6.12. The number of nitrogens with zero attached hydrogens (tertiary/aromatic N) is 2. The molecule has 50 heavy (non-hydrogen) atoms. The van der Waals surface area contributed by atoms with Gasteiger partial charge in [-0.3, -0.25) is 0 Å². The van der Waals surface area contributed by atoms with Gasteiger partial charge in [-0.15, -0.1) is 0 Å². The third-order valence-electron chi connectivity index (χ3n) is 10.00. The molecule has 0 spiro atoms. The van der Waals surface area contributed by atoms with Crippen LogP contribution in [0.5, 0.6) is 0 Å². The minimum absolute atomic E-state index is 1.16. The summed E-state index contributed by atoms with van der Waals surface area (Å²) < 4.78 is 4.78. The zero-order valence-electron chi connectivity index (χ0n) is 29.1. The Morgan fingerprint density at radius 3 is 1.64 bits per heavy atom. The van der Waals surface area contributed by atoms with E-state index in [4.69, 9.17) is 0 Å². The molecule has 6 aromatic carbocycles. The van der Waals surface area contributed by atoms with E-state index in [-0.39, 0.29) is 0 Å². The van der Waals surface area contributed by atoms with Crippen molar-refractivity contribution < 1.29 is 0 Å². The van der Waals surface area contributed by atoms with Crippen LogP contribution in [0.3, 0.4) is 0 Å². The molecule has 0 bridgehead atoms. The van der Waals surface area contributed by atoms with Gasteiger partial charge < -0.3 is 9.13 Å². The summed E-state index contributed by atoms with van der Waals surface area (Å²) in [6, 6.07) is 50.9. The molecule has 0 atom stereocenters. The minimum atomic E-state index is 1.16. The Labute approximate surface area is 294 Å². The molecule has 0 amide bonds. The van der Waals surface area contributed by atoms with Crippen molar-refractivity contribution in [2.45, 2.75) is 27.7 Å². The van der Waals surface area contributed by atoms with Gasteiger partial charge in [-0.25, -0.2) is 0 Å². The van der Waals surface area contributed by atoms with Crippen molar-refractivity contribution in [2.75, 3.05) is 0 Å². The van der Waals surface area contributed by atoms with Crippen LogP contribution in [0.1, 0.15) is 27.7 Å². The van der Waals surface area contributed by atoms with Crippen molar-refractivity contribution in [2.24, 2.45) is 0 Å². The largest absolute Gasteiger partial charge is 0.313 e. The standard InChI is InChI=1S/C48H40N2/c1-5-6-14-33(2)34(3)21-22-35(4)49-45-19-12-10-17-41(45)43-31-38(25-29-47(43)49)39-26-30-48-44(32-39)42-18-11-13-20-46(42)50(48)40-27-23-37(24-28-40)36-15-8-7-9-16-36/h5-32H,1-4H3/b6-5-,33-14+,34-21+,35-22+. The number of benzene rings is 6. The van der Waals surface area contributed by atoms with E-state index in [9.17, 15) is 0 Å². The molecule has 2 nitrogen and oxygen atoms in total. The first-order valence-electron chi connectivity index (χ1n) is 17.4. The van der Waals surface area contributed by atoms with E-state index in [2.05, 4.69) is 200 Å². The molecular formula is C48H40N2. The quantitative estimate of drug-likeness (QED) is 0.153. The van der Waals surface area contributed by atoms with Crippen molar-refractivity contribution in [1.29, 1.82) is 0 Å². The Bertz CT molecular complexity index is 2650. The van der Waals surface area contributed by atoms with Gasteiger partial charge in [0.1, 0.15) is 0 Å². The molecular weight excluding hydrogens is 605 g/mol. The second-order valence-electron chi connectivity index (χ2n) is 13.1. The lowest BCUT2D eigenvalue weighted by Crippen LogP contribution is -1.94. The summed E-state index contributed by atoms with van der Waals surface area (Å²) in [5, 5.41) is 5.04. The van der Waals surface area contributed by atoms with Crippen LogP contribution < -0.4 is 0 Å². The van der Waals surface area contributed by atoms with Crippen LogP contribution in [-0.4, -0.2) is 9.13 Å². The molecule has 242 valence electrons. The van der Waals surface area contributed by atoms with E-state index >= 15 is 0 Å². The first kappa shape index (κ1) is 31.2. The number of para-hydroxylation sites is 2. The summed E-state index contributed by atoms with van der Waals surface area (Å²) in [6.07, 6.45) is 10.8. The second-order valence-corrected chi connectivity index (χ2v) is 13.1. The van der Waals surface area contributed by atoms with Crippen molar-refractivity contribution in [1.82, 2.24) is 9.13 Å². The molecule has 2 heteroatoms. The van der Waals surface area contributed by atoms with E-state index in [0.29, 0.717) is 0 Å². The van der Waals surface area contributed by atoms with E-state index in [1.54, 1.807) is 0 Å². The van der Waals surface area contributed by atoms with Gasteiger partial charge in [0.05, 0.1) is 22.1 Å². The molecule has 0 saturated heterocycles. The van der Waals surface area contributed by atoms with Crippen LogP contribution in [-0.2, 0) is 0 Å². The zero-order valence-corrected chi connectivity index (χ0v) is 29.1. The summed E-state index contributed by atoms with van der Waals surface area (Å²) in [7, 11) is 0. The third-order valence-corrected chi connectivity index (χ3v) is 10.00. The predicted molar refractivity (Wildman–Crippen MR) is 217 cm³/mol. The zero-order chi connectivity index (χ0) is 34.2. The van der Waals surface area contributed by atoms with Gasteiger partial charge in [0.2, 0.25) is 0 Å². The average molecular weight is 645 g/mol. The van der Waals surface area contributed by atoms with Crippen LogP contribution in [0.4, 0.5) is 0 Å². The monoisotopic (exact) mass is 644 g/mol. The Morgan fingerprint density at radius 1 is 0.440 bits per heavy atom. The average Bonchev–Trinajstić information content (AvgIpc) is 3.68. The van der Waals surface area contributed by atoms with Crippen LogP contribution >= 0.6 is 0 Å². The number of allylic oxidation sites excluding steroid dienone is 8. The molecule has 0 N–H and O–H groups in total. The van der Waals surface area contributed by atoms with Crippen LogP contribution in [0.15, 0.2) is 181 Å². The topological polar surface area (TPSA) is 9.86 Å². The molecule has 2 heterocycles. The van der Waals surface area contributed by atoms with Gasteiger partial charge in [0.25, 0.3) is 0 Å². The van der Waals surface area contributed by atoms with Crippen molar-refractivity contribution in [3.05, 3.63) is 181 Å². The molecule has 0 aliphatic heterocycles. The smallest absolute Gasteiger partial charge is 0.0541 e. The maximum absolute atomic E-state index is 2.39. The lowest BCUT2D eigenvalue weighted by atomic mass is 10.0. The van der Waals surface area contributed by atoms with Gasteiger partial charge in [-0.05, 0) is 116 Å². The molecule has 0 saturated carbocycles. The Kier molecular flexibility index (Phi) is 8.14. The number of hydrogen-bond acceptors (Lipinski definition) is 0. The molecule has 0 fully saturated rings. The maximum atomic E-state index is 2.39. The first-order chi connectivity index (χ1) is 24.5. The van der Waals surface area contributed by atoms with E-state index in [1.165, 1.54) is 82.7 Å². The second kappa shape index (κ2) is 13.1. The van der Waals surface area contributed by atoms with Crippen molar-refractivity contribution in [3.8, 4) is 27.9 Å². The highest BCUT2D eigenvalue weighted by Gasteiger charge is 2.16. The predicted octanol–water partition coefficient (Wildman–Crippen LogP) is 13.6. The normalized spacial score (nSPS) is 13.1. The third kappa shape index (κ3) is 5.49. The summed E-state index contributed by atoms with van der Waals surface area (Å²) >= 11 is 0. The number of aromatic nitrogens is 2. The molecule has 0 aliphatic carbocycles. The van der Waals surface area contributed by atoms with E-state index in [1.807, 2.05) is 6.92 Å². The fourth-order valence-corrected chi connectivity index (χ4v) is 7.22. The van der Waals surface area contributed by atoms with Crippen LogP contribution in [0.2, 0.25) is 0 Å². The lowest BCUT2D eigenvalue weighted by Gasteiger charge is -2.10. The molecule has 2 aromatic heterocycles. The van der Waals surface area contributed by atoms with Gasteiger partial charge in [0.15, 0.2) is 0 Å². The highest BCUT2D eigenvalue weighted by atomic mass is 15.0. The van der Waals surface area contributed by atoms with E-state index in [0.717, 1.165) is 5.69 Å². The molecule has 8 rings (SSSR count). The Morgan fingerprint density at radius 2 is 0.940 bits per heavy atom. The number of rotatable bonds is 7. The van der Waals surface area contributed by atoms with Crippen LogP contribution in [0, 0.1) is 0 Å². The fraction of sp³-hybridized carbons (Fsp3) is 0.0833. The van der Waals surface area contributed by atoms with Gasteiger partial charge >= 0.3 is 0 Å². The Balaban J connectivity index is 1.22. The number of fused-ring (bicyclic) bond motifs is 6. The van der Waals surface area contributed by atoms with Gasteiger partial charge in [-0.1, -0.05) is 115 Å². The summed E-state index contributed by atoms with van der Waals surface area (Å²) in [6.45, 7) is 8.58. The maximum Gasteiger partial charge on any atom is 0.0541 e. The lowest BCUT2D eigenvalue weighted by molar-refractivity contribution is 1.18. The van der Waals surface area contributed by atoms with Gasteiger partial charge in [0, 0.05) is 32.9 Å². The van der Waals surface area contributed by atoms with Crippen molar-refractivity contribution in [3.63, 3.8) is 0 Å². The first-order valence-corrected chi connectivity index (χ1v) is 17.4. The summed E-state index contributed by atoms with van der Waals surface area (Å²) in [5.74, 6) is 0. The summed E-state index contributed by atoms with van der Waals surface area (Å²) in [4.78, 5) is 0. The fourth-order valence-electron chi connectivity index (χ4n) is 7.22. The van der Waals surface area contributed by atoms with Crippen molar-refractivity contribution >= 4 is 49.3 Å². The SMILES string of the molecule is C\C=C/C=C(C)/C(C)=C/C=C(\C)n1c2ccccc2c2cc(-c3ccc4c(c3)c3ccccc3n4-c3ccc(-c4ccccc4)cc3)ccc21. The highest BCUT2D eigenvalue weighted by Crippen LogP contribution is 2.38. The minimum Gasteiger partial charge on any atom is -0.313 e. The molecule has 8 aromatic rings. The molecule has 0 aliphatic rings.